The van der Waals surface area contributed by atoms with Gasteiger partial charge in [0, 0.05) is 28.1 Å². The molecule has 0 aliphatic heterocycles. The van der Waals surface area contributed by atoms with Gasteiger partial charge in [0.2, 0.25) is 5.91 Å². The lowest BCUT2D eigenvalue weighted by molar-refractivity contribution is -0.113. The molecule has 28 heavy (non-hydrogen) atoms. The van der Waals surface area contributed by atoms with Gasteiger partial charge in [-0.25, -0.2) is 0 Å². The maximum absolute atomic E-state index is 12.3. The van der Waals surface area contributed by atoms with Crippen molar-refractivity contribution >= 4 is 34.7 Å². The molecular formula is C20H22N4O2S2. The molecule has 0 saturated carbocycles. The van der Waals surface area contributed by atoms with Gasteiger partial charge in [0.1, 0.15) is 5.75 Å². The van der Waals surface area contributed by atoms with Gasteiger partial charge in [-0.05, 0) is 44.2 Å². The monoisotopic (exact) mass is 414 g/mol. The summed E-state index contributed by atoms with van der Waals surface area (Å²) in [7, 11) is 0. The highest BCUT2D eigenvalue weighted by Gasteiger charge is 2.16. The van der Waals surface area contributed by atoms with Gasteiger partial charge in [-0.15, -0.1) is 28.1 Å². The Hall–Kier alpha value is -2.58. The van der Waals surface area contributed by atoms with Crippen LogP contribution in [0.2, 0.25) is 0 Å². The number of benzene rings is 1. The Kier molecular flexibility index (Phi) is 6.89. The molecule has 0 saturated heterocycles. The van der Waals surface area contributed by atoms with E-state index in [1.807, 2.05) is 35.8 Å². The Bertz CT molecular complexity index is 948. The number of hydrogen-bond donors (Lipinski definition) is 1. The van der Waals surface area contributed by atoms with E-state index in [-0.39, 0.29) is 11.7 Å². The second-order valence-corrected chi connectivity index (χ2v) is 8.00. The summed E-state index contributed by atoms with van der Waals surface area (Å²) in [6, 6.07) is 9.40. The average Bonchev–Trinajstić information content (AvgIpc) is 3.28. The smallest absolute Gasteiger partial charge is 0.234 e. The van der Waals surface area contributed by atoms with Crippen LogP contribution in [-0.2, 0) is 11.3 Å². The summed E-state index contributed by atoms with van der Waals surface area (Å²) < 4.78 is 7.38. The molecule has 1 aromatic carbocycles. The third-order valence-electron chi connectivity index (χ3n) is 3.80. The van der Waals surface area contributed by atoms with E-state index in [0.717, 1.165) is 22.8 Å². The fourth-order valence-corrected chi connectivity index (χ4v) is 4.02. The van der Waals surface area contributed by atoms with Crippen LogP contribution in [0.1, 0.15) is 11.8 Å². The first-order valence-corrected chi connectivity index (χ1v) is 10.7. The lowest BCUT2D eigenvalue weighted by atomic mass is 10.3. The van der Waals surface area contributed by atoms with Gasteiger partial charge in [0.25, 0.3) is 0 Å². The van der Waals surface area contributed by atoms with E-state index in [2.05, 4.69) is 40.5 Å². The van der Waals surface area contributed by atoms with Crippen LogP contribution in [-0.4, -0.2) is 33.0 Å². The van der Waals surface area contributed by atoms with Gasteiger partial charge in [-0.2, -0.15) is 0 Å². The van der Waals surface area contributed by atoms with Crippen molar-refractivity contribution in [2.75, 3.05) is 17.7 Å². The van der Waals surface area contributed by atoms with Crippen molar-refractivity contribution < 1.29 is 9.53 Å². The number of nitrogens with one attached hydrogen (secondary N) is 1. The van der Waals surface area contributed by atoms with Crippen LogP contribution in [0.15, 0.2) is 53.5 Å². The number of aryl methyl sites for hydroxylation is 1. The Morgan fingerprint density at radius 3 is 2.79 bits per heavy atom. The fourth-order valence-electron chi connectivity index (χ4n) is 2.59. The first-order chi connectivity index (χ1) is 13.6. The van der Waals surface area contributed by atoms with E-state index in [4.69, 9.17) is 4.74 Å². The van der Waals surface area contributed by atoms with Gasteiger partial charge in [0.05, 0.1) is 12.4 Å². The second-order valence-electron chi connectivity index (χ2n) is 5.95. The summed E-state index contributed by atoms with van der Waals surface area (Å²) in [5, 5.41) is 14.2. The maximum Gasteiger partial charge on any atom is 0.234 e. The molecule has 8 heteroatoms. The molecule has 146 valence electrons. The molecule has 0 aliphatic rings. The molecule has 1 N–H and O–H groups in total. The molecule has 3 aromatic rings. The lowest BCUT2D eigenvalue weighted by Crippen LogP contribution is -2.14. The number of rotatable bonds is 9. The van der Waals surface area contributed by atoms with Crippen LogP contribution >= 0.6 is 23.1 Å². The fraction of sp³-hybridized carbons (Fsp3) is 0.250. The predicted molar refractivity (Wildman–Crippen MR) is 115 cm³/mol. The summed E-state index contributed by atoms with van der Waals surface area (Å²) >= 11 is 3.03. The van der Waals surface area contributed by atoms with Crippen molar-refractivity contribution in [3.05, 3.63) is 53.2 Å². The van der Waals surface area contributed by atoms with E-state index in [9.17, 15) is 4.79 Å². The molecule has 0 aliphatic carbocycles. The summed E-state index contributed by atoms with van der Waals surface area (Å²) in [5.41, 5.74) is 1.76. The highest BCUT2D eigenvalue weighted by Crippen LogP contribution is 2.27. The van der Waals surface area contributed by atoms with Crippen molar-refractivity contribution in [3.63, 3.8) is 0 Å². The van der Waals surface area contributed by atoms with E-state index in [1.165, 1.54) is 16.6 Å². The minimum Gasteiger partial charge on any atom is -0.494 e. The number of allylic oxidation sites excluding steroid dienone is 1. The van der Waals surface area contributed by atoms with Crippen LogP contribution in [0.5, 0.6) is 5.75 Å². The van der Waals surface area contributed by atoms with Crippen molar-refractivity contribution in [2.24, 2.45) is 0 Å². The van der Waals surface area contributed by atoms with Crippen LogP contribution < -0.4 is 10.1 Å². The first kappa shape index (κ1) is 20.2. The summed E-state index contributed by atoms with van der Waals surface area (Å²) in [5.74, 6) is 1.71. The number of carbonyl (C=O) groups is 1. The van der Waals surface area contributed by atoms with E-state index in [1.54, 1.807) is 17.4 Å². The van der Waals surface area contributed by atoms with Gasteiger partial charge in [-0.1, -0.05) is 17.8 Å². The minimum absolute atomic E-state index is 0.102. The second kappa shape index (κ2) is 9.57. The number of carbonyl (C=O) groups excluding carboxylic acids is 1. The molecular weight excluding hydrogens is 392 g/mol. The normalized spacial score (nSPS) is 10.6. The third-order valence-corrected chi connectivity index (χ3v) is 5.63. The zero-order valence-electron chi connectivity index (χ0n) is 15.8. The highest BCUT2D eigenvalue weighted by atomic mass is 32.2. The van der Waals surface area contributed by atoms with Gasteiger partial charge >= 0.3 is 0 Å². The van der Waals surface area contributed by atoms with E-state index >= 15 is 0 Å². The summed E-state index contributed by atoms with van der Waals surface area (Å²) in [4.78, 5) is 13.5. The van der Waals surface area contributed by atoms with Gasteiger partial charge < -0.3 is 10.1 Å². The van der Waals surface area contributed by atoms with Gasteiger partial charge in [0.15, 0.2) is 11.0 Å². The quantitative estimate of drug-likeness (QED) is 0.408. The predicted octanol–water partition coefficient (Wildman–Crippen LogP) is 4.63. The van der Waals surface area contributed by atoms with Crippen LogP contribution in [0.4, 0.5) is 5.69 Å². The highest BCUT2D eigenvalue weighted by molar-refractivity contribution is 7.99. The Morgan fingerprint density at radius 1 is 1.36 bits per heavy atom. The number of thioether (sulfide) groups is 1. The summed E-state index contributed by atoms with van der Waals surface area (Å²) in [6.45, 7) is 9.00. The molecule has 0 spiro atoms. The molecule has 0 radical (unpaired) electrons. The number of amides is 1. The Morgan fingerprint density at radius 2 is 2.14 bits per heavy atom. The number of aromatic nitrogens is 3. The van der Waals surface area contributed by atoms with Crippen molar-refractivity contribution in [3.8, 4) is 17.1 Å². The van der Waals surface area contributed by atoms with E-state index < -0.39 is 0 Å². The average molecular weight is 415 g/mol. The maximum atomic E-state index is 12.3. The first-order valence-electron chi connectivity index (χ1n) is 8.85. The van der Waals surface area contributed by atoms with E-state index in [0.29, 0.717) is 18.3 Å². The topological polar surface area (TPSA) is 69.0 Å². The summed E-state index contributed by atoms with van der Waals surface area (Å²) in [6.07, 6.45) is 1.80. The largest absolute Gasteiger partial charge is 0.494 e. The number of thiophene rings is 1. The Labute approximate surface area is 172 Å². The molecule has 0 atom stereocenters. The molecule has 0 fully saturated rings. The minimum atomic E-state index is -0.102. The molecule has 0 bridgehead atoms. The molecule has 0 unspecified atom stereocenters. The van der Waals surface area contributed by atoms with Crippen LogP contribution in [0.25, 0.3) is 11.4 Å². The molecule has 2 aromatic heterocycles. The van der Waals surface area contributed by atoms with Crippen LogP contribution in [0.3, 0.4) is 0 Å². The Balaban J connectivity index is 1.64. The number of hydrogen-bond acceptors (Lipinski definition) is 6. The van der Waals surface area contributed by atoms with Crippen molar-refractivity contribution in [1.82, 2.24) is 14.8 Å². The molecule has 2 heterocycles. The number of ether oxygens (including phenoxy) is 1. The zero-order chi connectivity index (χ0) is 19.9. The lowest BCUT2D eigenvalue weighted by Gasteiger charge is -2.08. The number of anilines is 1. The van der Waals surface area contributed by atoms with Crippen molar-refractivity contribution in [1.29, 1.82) is 0 Å². The molecule has 6 nitrogen and oxygen atoms in total. The molecule has 1 amide bonds. The standard InChI is InChI=1S/C20H22N4O2S2/c1-4-10-24-19(15-11-14(3)27-12-15)22-23-20(24)28-13-18(25)21-16-6-8-17(9-7-16)26-5-2/h4,6-9,11-12H,1,5,10,13H2,2-3H3,(H,21,25). The third kappa shape index (κ3) is 5.02. The van der Waals surface area contributed by atoms with Crippen molar-refractivity contribution in [2.45, 2.75) is 25.5 Å². The van der Waals surface area contributed by atoms with Gasteiger partial charge in [-0.3, -0.25) is 9.36 Å². The molecule has 3 rings (SSSR count). The zero-order valence-corrected chi connectivity index (χ0v) is 17.5. The SMILES string of the molecule is C=CCn1c(SCC(=O)Nc2ccc(OCC)cc2)nnc1-c1csc(C)c1. The van der Waals surface area contributed by atoms with Crippen LogP contribution in [0, 0.1) is 6.92 Å². The number of nitrogens with zero attached hydrogens (tertiary/aromatic N) is 3.